The second-order valence-electron chi connectivity index (χ2n) is 13.0. The monoisotopic (exact) mass is 589 g/mol. The van der Waals surface area contributed by atoms with Gasteiger partial charge in [-0.1, -0.05) is 84.0 Å². The van der Waals surface area contributed by atoms with Crippen LogP contribution < -0.4 is 4.90 Å². The average molecular weight is 590 g/mol. The van der Waals surface area contributed by atoms with Crippen LogP contribution in [0.25, 0.3) is 33.9 Å². The van der Waals surface area contributed by atoms with Crippen molar-refractivity contribution in [2.45, 2.75) is 65.7 Å². The second-order valence-corrected chi connectivity index (χ2v) is 14.7. The summed E-state index contributed by atoms with van der Waals surface area (Å²) in [5.74, 6) is 1.07. The van der Waals surface area contributed by atoms with Gasteiger partial charge >= 0.3 is 7.60 Å². The Bertz CT molecular complexity index is 1520. The summed E-state index contributed by atoms with van der Waals surface area (Å²) in [6, 6.07) is 22.4. The number of aromatic nitrogens is 2. The molecule has 0 saturated heterocycles. The molecule has 0 atom stereocenters. The maximum absolute atomic E-state index is 11.3. The molecule has 42 heavy (non-hydrogen) atoms. The quantitative estimate of drug-likeness (QED) is 0.147. The molecule has 1 heterocycles. The molecule has 0 aliphatic carbocycles. The number of hydrogen-bond donors (Lipinski definition) is 4. The fraction of sp³-hybridized carbons (Fsp3) is 0.382. The Hall–Kier alpha value is -3.38. The number of aromatic hydroxyl groups is 1. The van der Waals surface area contributed by atoms with Crippen LogP contribution in [0.4, 0.5) is 5.69 Å². The van der Waals surface area contributed by atoms with Crippen LogP contribution in [0.2, 0.25) is 0 Å². The van der Waals surface area contributed by atoms with E-state index in [4.69, 9.17) is 4.98 Å². The average Bonchev–Trinajstić information content (AvgIpc) is 3.35. The Morgan fingerprint density at radius 1 is 0.833 bits per heavy atom. The summed E-state index contributed by atoms with van der Waals surface area (Å²) < 4.78 is 11.3. The minimum absolute atomic E-state index is 0.122. The van der Waals surface area contributed by atoms with Gasteiger partial charge in [0.05, 0.1) is 17.5 Å². The molecule has 0 aliphatic heterocycles. The number of rotatable bonds is 9. The van der Waals surface area contributed by atoms with Crippen molar-refractivity contribution >= 4 is 13.3 Å². The number of imidazole rings is 1. The molecule has 1 aromatic heterocycles. The van der Waals surface area contributed by atoms with Gasteiger partial charge in [-0.3, -0.25) is 4.57 Å². The molecule has 4 aromatic rings. The topological polar surface area (TPSA) is 110 Å². The summed E-state index contributed by atoms with van der Waals surface area (Å²) in [4.78, 5) is 29.3. The zero-order valence-electron chi connectivity index (χ0n) is 25.8. The Morgan fingerprint density at radius 3 is 1.90 bits per heavy atom. The zero-order valence-corrected chi connectivity index (χ0v) is 26.7. The van der Waals surface area contributed by atoms with Gasteiger partial charge in [-0.05, 0) is 48.4 Å². The van der Waals surface area contributed by atoms with E-state index >= 15 is 0 Å². The Kier molecular flexibility index (Phi) is 9.08. The van der Waals surface area contributed by atoms with Crippen LogP contribution >= 0.6 is 7.60 Å². The second kappa shape index (κ2) is 12.1. The van der Waals surface area contributed by atoms with Gasteiger partial charge in [0, 0.05) is 46.6 Å². The van der Waals surface area contributed by atoms with Crippen LogP contribution in [0.5, 0.6) is 5.75 Å². The molecule has 0 radical (unpaired) electrons. The number of H-pyrrole nitrogens is 1. The Labute approximate surface area is 249 Å². The summed E-state index contributed by atoms with van der Waals surface area (Å²) >= 11 is 0. The van der Waals surface area contributed by atoms with Gasteiger partial charge in [-0.15, -0.1) is 0 Å². The van der Waals surface area contributed by atoms with Crippen molar-refractivity contribution in [1.29, 1.82) is 0 Å². The summed E-state index contributed by atoms with van der Waals surface area (Å²) in [7, 11) is -4.01. The maximum atomic E-state index is 11.3. The molecule has 4 N–H and O–H groups in total. The lowest BCUT2D eigenvalue weighted by Gasteiger charge is -2.28. The summed E-state index contributed by atoms with van der Waals surface area (Å²) in [6.07, 6.45) is 0.295. The van der Waals surface area contributed by atoms with Crippen molar-refractivity contribution in [1.82, 2.24) is 9.97 Å². The van der Waals surface area contributed by atoms with Crippen molar-refractivity contribution in [3.63, 3.8) is 0 Å². The molecule has 4 rings (SSSR count). The van der Waals surface area contributed by atoms with Crippen molar-refractivity contribution in [2.24, 2.45) is 0 Å². The van der Waals surface area contributed by atoms with E-state index in [1.807, 2.05) is 61.5 Å². The van der Waals surface area contributed by atoms with Gasteiger partial charge in [-0.2, -0.15) is 0 Å². The van der Waals surface area contributed by atoms with Gasteiger partial charge in [-0.25, -0.2) is 4.98 Å². The van der Waals surface area contributed by atoms with Crippen LogP contribution in [-0.2, 0) is 15.4 Å². The molecule has 3 aromatic carbocycles. The highest BCUT2D eigenvalue weighted by atomic mass is 31.2. The Morgan fingerprint density at radius 2 is 1.40 bits per heavy atom. The van der Waals surface area contributed by atoms with E-state index in [0.717, 1.165) is 57.3 Å². The minimum Gasteiger partial charge on any atom is -0.507 e. The number of benzene rings is 3. The molecule has 0 spiro atoms. The van der Waals surface area contributed by atoms with E-state index in [2.05, 4.69) is 63.6 Å². The third-order valence-corrected chi connectivity index (χ3v) is 8.43. The first kappa shape index (κ1) is 31.6. The lowest BCUT2D eigenvalue weighted by molar-refractivity contribution is 0.371. The van der Waals surface area contributed by atoms with E-state index in [9.17, 15) is 19.5 Å². The van der Waals surface area contributed by atoms with Crippen molar-refractivity contribution in [3.05, 3.63) is 77.9 Å². The predicted molar refractivity (Wildman–Crippen MR) is 173 cm³/mol. The van der Waals surface area contributed by atoms with E-state index in [-0.39, 0.29) is 17.0 Å². The van der Waals surface area contributed by atoms with Crippen molar-refractivity contribution < 1.29 is 19.5 Å². The lowest BCUT2D eigenvalue weighted by Crippen LogP contribution is -2.24. The SMILES string of the molecule is CCN(CCCP(=O)(O)O)c1ccc(-c2nc(-c3cc(C(C)(C)C)c(O)c(C(C)(C)C)c3)[nH]c2-c2ccccc2)cc1. The van der Waals surface area contributed by atoms with Gasteiger partial charge < -0.3 is 24.8 Å². The van der Waals surface area contributed by atoms with Crippen molar-refractivity contribution in [2.75, 3.05) is 24.2 Å². The lowest BCUT2D eigenvalue weighted by atomic mass is 9.78. The number of nitrogens with zero attached hydrogens (tertiary/aromatic N) is 2. The highest BCUT2D eigenvalue weighted by Gasteiger charge is 2.28. The van der Waals surface area contributed by atoms with Crippen LogP contribution in [0, 0.1) is 0 Å². The number of nitrogens with one attached hydrogen (secondary N) is 1. The minimum atomic E-state index is -4.01. The van der Waals surface area contributed by atoms with Crippen LogP contribution in [0.3, 0.4) is 0 Å². The fourth-order valence-electron chi connectivity index (χ4n) is 5.21. The molecule has 0 unspecified atom stereocenters. The first-order valence-electron chi connectivity index (χ1n) is 14.5. The molecule has 224 valence electrons. The third kappa shape index (κ3) is 7.33. The molecule has 0 bridgehead atoms. The molecular formula is C34H44N3O4P. The molecule has 7 nitrogen and oxygen atoms in total. The molecule has 0 aliphatic rings. The molecule has 0 saturated carbocycles. The van der Waals surface area contributed by atoms with Crippen LogP contribution in [0.15, 0.2) is 66.7 Å². The summed E-state index contributed by atoms with van der Waals surface area (Å²) in [5, 5.41) is 11.3. The smallest absolute Gasteiger partial charge is 0.325 e. The largest absolute Gasteiger partial charge is 0.507 e. The van der Waals surface area contributed by atoms with E-state index in [0.29, 0.717) is 18.7 Å². The first-order valence-corrected chi connectivity index (χ1v) is 16.3. The van der Waals surface area contributed by atoms with Gasteiger partial charge in [0.25, 0.3) is 0 Å². The van der Waals surface area contributed by atoms with Gasteiger partial charge in [0.15, 0.2) is 0 Å². The van der Waals surface area contributed by atoms with E-state index < -0.39 is 7.60 Å². The molecule has 0 fully saturated rings. The van der Waals surface area contributed by atoms with E-state index in [1.165, 1.54) is 0 Å². The molecular weight excluding hydrogens is 545 g/mol. The fourth-order valence-corrected chi connectivity index (χ4v) is 5.77. The Balaban J connectivity index is 1.79. The van der Waals surface area contributed by atoms with E-state index in [1.54, 1.807) is 0 Å². The molecule has 0 amide bonds. The van der Waals surface area contributed by atoms with Gasteiger partial charge in [0.2, 0.25) is 0 Å². The van der Waals surface area contributed by atoms with Crippen LogP contribution in [0.1, 0.15) is 66.0 Å². The normalized spacial score (nSPS) is 12.5. The highest BCUT2D eigenvalue weighted by molar-refractivity contribution is 7.51. The first-order chi connectivity index (χ1) is 19.6. The van der Waals surface area contributed by atoms with Gasteiger partial charge in [0.1, 0.15) is 11.6 Å². The van der Waals surface area contributed by atoms with Crippen LogP contribution in [-0.4, -0.2) is 44.1 Å². The summed E-state index contributed by atoms with van der Waals surface area (Å²) in [5.41, 5.74) is 6.88. The van der Waals surface area contributed by atoms with Crippen molar-refractivity contribution in [3.8, 4) is 39.7 Å². The number of phenolic OH excluding ortho intramolecular Hbond substituents is 1. The molecule has 8 heteroatoms. The number of aromatic amines is 1. The zero-order chi connectivity index (χ0) is 30.9. The maximum Gasteiger partial charge on any atom is 0.325 e. The standard InChI is InChI=1S/C34H44N3O4P/c1-8-37(19-12-20-42(39,40)41)26-17-15-24(16-18-26)30-29(23-13-10-9-11-14-23)35-32(36-30)25-21-27(33(2,3)4)31(38)28(22-25)34(5,6)7/h9-11,13-18,21-22,38H,8,12,19-20H2,1-7H3,(H,35,36)(H2,39,40,41). The summed E-state index contributed by atoms with van der Waals surface area (Å²) in [6.45, 7) is 16.0. The number of phenols is 1. The predicted octanol–water partition coefficient (Wildman–Crippen LogP) is 8.11. The highest BCUT2D eigenvalue weighted by Crippen LogP contribution is 2.43. The number of anilines is 1. The third-order valence-electron chi connectivity index (χ3n) is 7.53. The number of hydrogen-bond acceptors (Lipinski definition) is 4.